The molecule has 0 saturated heterocycles. The highest BCUT2D eigenvalue weighted by molar-refractivity contribution is 6.10. The van der Waals surface area contributed by atoms with Crippen LogP contribution in [-0.2, 0) is 4.79 Å². The molecule has 0 aliphatic carbocycles. The number of anilines is 2. The average molecular weight is 448 g/mol. The molecule has 0 fully saturated rings. The first-order valence-corrected chi connectivity index (χ1v) is 11.6. The van der Waals surface area contributed by atoms with E-state index in [-0.39, 0.29) is 24.5 Å². The minimum atomic E-state index is -0.121. The first-order chi connectivity index (χ1) is 16.0. The van der Waals surface area contributed by atoms with Gasteiger partial charge in [-0.05, 0) is 31.0 Å². The van der Waals surface area contributed by atoms with Gasteiger partial charge >= 0.3 is 0 Å². The molecule has 174 valence electrons. The number of nitrogens with one attached hydrogen (secondary N) is 2. The molecule has 3 rings (SSSR count). The van der Waals surface area contributed by atoms with Crippen molar-refractivity contribution in [2.24, 2.45) is 0 Å². The van der Waals surface area contributed by atoms with Gasteiger partial charge in [0.1, 0.15) is 11.3 Å². The van der Waals surface area contributed by atoms with E-state index in [1.165, 1.54) is 6.42 Å². The Balaban J connectivity index is 1.82. The summed E-state index contributed by atoms with van der Waals surface area (Å²) in [5.41, 5.74) is 3.79. The molecule has 2 aromatic carbocycles. The van der Waals surface area contributed by atoms with Gasteiger partial charge in [-0.15, -0.1) is 0 Å². The molecule has 0 aliphatic heterocycles. The maximum absolute atomic E-state index is 13.2. The maximum atomic E-state index is 13.2. The van der Waals surface area contributed by atoms with Gasteiger partial charge in [0.05, 0.1) is 18.4 Å². The van der Waals surface area contributed by atoms with Crippen LogP contribution in [0.5, 0.6) is 5.75 Å². The molecule has 6 nitrogen and oxygen atoms in total. The van der Waals surface area contributed by atoms with E-state index in [2.05, 4.69) is 22.5 Å². The maximum Gasteiger partial charge on any atom is 0.220 e. The SMILES string of the molecule is CCCCCCNC(=O)CCC(=O)c1cnc2c(OC)cccc2c1Nc1ccccc1C. The number of aryl methyl sites for hydroxylation is 1. The number of Topliss-reactive ketones (excluding diaryl/α,β-unsaturated/α-hetero) is 1. The number of ketones is 1. The van der Waals surface area contributed by atoms with Gasteiger partial charge in [-0.2, -0.15) is 0 Å². The summed E-state index contributed by atoms with van der Waals surface area (Å²) in [7, 11) is 1.60. The van der Waals surface area contributed by atoms with E-state index >= 15 is 0 Å². The van der Waals surface area contributed by atoms with Crippen LogP contribution < -0.4 is 15.4 Å². The number of aromatic nitrogens is 1. The monoisotopic (exact) mass is 447 g/mol. The topological polar surface area (TPSA) is 80.3 Å². The zero-order valence-corrected chi connectivity index (χ0v) is 19.7. The zero-order valence-electron chi connectivity index (χ0n) is 19.7. The normalized spacial score (nSPS) is 10.8. The Kier molecular flexibility index (Phi) is 8.81. The molecule has 3 aromatic rings. The van der Waals surface area contributed by atoms with Crippen LogP contribution in [0.1, 0.15) is 61.4 Å². The van der Waals surface area contributed by atoms with Crippen molar-refractivity contribution < 1.29 is 14.3 Å². The smallest absolute Gasteiger partial charge is 0.220 e. The number of unbranched alkanes of at least 4 members (excludes halogenated alkanes) is 3. The first-order valence-electron chi connectivity index (χ1n) is 11.6. The summed E-state index contributed by atoms with van der Waals surface area (Å²) in [6.07, 6.45) is 6.27. The molecule has 0 saturated carbocycles. The van der Waals surface area contributed by atoms with Crippen molar-refractivity contribution in [3.8, 4) is 5.75 Å². The van der Waals surface area contributed by atoms with Gasteiger partial charge in [-0.1, -0.05) is 56.5 Å². The standard InChI is InChI=1S/C27H33N3O3/c1-4-5-6-9-17-28-25(32)16-15-23(31)21-18-29-27-20(12-10-14-24(27)33-3)26(21)30-22-13-8-7-11-19(22)2/h7-8,10-14,18H,4-6,9,15-17H2,1-3H3,(H,28,32)(H,29,30). The number of nitrogens with zero attached hydrogens (tertiary/aromatic N) is 1. The van der Waals surface area contributed by atoms with Crippen LogP contribution in [0, 0.1) is 6.92 Å². The second kappa shape index (κ2) is 12.0. The van der Waals surface area contributed by atoms with Gasteiger partial charge < -0.3 is 15.4 Å². The Morgan fingerprint density at radius 2 is 1.82 bits per heavy atom. The Morgan fingerprint density at radius 3 is 2.58 bits per heavy atom. The lowest BCUT2D eigenvalue weighted by Gasteiger charge is -2.16. The largest absolute Gasteiger partial charge is 0.494 e. The van der Waals surface area contributed by atoms with E-state index < -0.39 is 0 Å². The minimum absolute atomic E-state index is 0.0938. The molecule has 0 aliphatic rings. The summed E-state index contributed by atoms with van der Waals surface area (Å²) in [5.74, 6) is 0.426. The summed E-state index contributed by atoms with van der Waals surface area (Å²) in [6.45, 7) is 4.83. The number of hydrogen-bond donors (Lipinski definition) is 2. The number of hydrogen-bond acceptors (Lipinski definition) is 5. The van der Waals surface area contributed by atoms with E-state index in [4.69, 9.17) is 4.74 Å². The molecular weight excluding hydrogens is 414 g/mol. The highest BCUT2D eigenvalue weighted by Crippen LogP contribution is 2.34. The molecule has 0 radical (unpaired) electrons. The quantitative estimate of drug-likeness (QED) is 0.265. The number of amides is 1. The fraction of sp³-hybridized carbons (Fsp3) is 0.370. The van der Waals surface area contributed by atoms with Crippen LogP contribution in [0.4, 0.5) is 11.4 Å². The fourth-order valence-corrected chi connectivity index (χ4v) is 3.78. The van der Waals surface area contributed by atoms with Gasteiger partial charge in [0, 0.05) is 36.7 Å². The van der Waals surface area contributed by atoms with Crippen LogP contribution >= 0.6 is 0 Å². The van der Waals surface area contributed by atoms with E-state index in [9.17, 15) is 9.59 Å². The average Bonchev–Trinajstić information content (AvgIpc) is 2.83. The van der Waals surface area contributed by atoms with Crippen LogP contribution in [0.25, 0.3) is 10.9 Å². The summed E-state index contributed by atoms with van der Waals surface area (Å²) in [6, 6.07) is 13.6. The van der Waals surface area contributed by atoms with Crippen molar-refractivity contribution in [2.75, 3.05) is 19.0 Å². The number of pyridine rings is 1. The molecular formula is C27H33N3O3. The number of methoxy groups -OCH3 is 1. The molecule has 0 bridgehead atoms. The number of benzene rings is 2. The summed E-state index contributed by atoms with van der Waals surface area (Å²) < 4.78 is 5.47. The lowest BCUT2D eigenvalue weighted by Crippen LogP contribution is -2.24. The van der Waals surface area contributed by atoms with Crippen molar-refractivity contribution in [1.29, 1.82) is 0 Å². The second-order valence-corrected chi connectivity index (χ2v) is 8.18. The second-order valence-electron chi connectivity index (χ2n) is 8.18. The van der Waals surface area contributed by atoms with Crippen LogP contribution in [0.2, 0.25) is 0 Å². The highest BCUT2D eigenvalue weighted by Gasteiger charge is 2.19. The Morgan fingerprint density at radius 1 is 1.00 bits per heavy atom. The van der Waals surface area contributed by atoms with Gasteiger partial charge in [0.2, 0.25) is 5.91 Å². The van der Waals surface area contributed by atoms with Crippen molar-refractivity contribution in [3.05, 3.63) is 59.8 Å². The molecule has 1 aromatic heterocycles. The van der Waals surface area contributed by atoms with Crippen molar-refractivity contribution in [3.63, 3.8) is 0 Å². The predicted octanol–water partition coefficient (Wildman–Crippen LogP) is 5.95. The fourth-order valence-electron chi connectivity index (χ4n) is 3.78. The molecule has 6 heteroatoms. The molecule has 1 heterocycles. The molecule has 1 amide bonds. The first kappa shape index (κ1) is 24.2. The Labute approximate surface area is 195 Å². The van der Waals surface area contributed by atoms with Crippen LogP contribution in [0.15, 0.2) is 48.7 Å². The highest BCUT2D eigenvalue weighted by atomic mass is 16.5. The summed E-state index contributed by atoms with van der Waals surface area (Å²) in [4.78, 5) is 29.9. The summed E-state index contributed by atoms with van der Waals surface area (Å²) in [5, 5.41) is 7.15. The minimum Gasteiger partial charge on any atom is -0.494 e. The third-order valence-electron chi connectivity index (χ3n) is 5.72. The van der Waals surface area contributed by atoms with E-state index in [1.807, 2.05) is 49.4 Å². The number of rotatable bonds is 12. The lowest BCUT2D eigenvalue weighted by molar-refractivity contribution is -0.121. The van der Waals surface area contributed by atoms with Gasteiger partial charge in [0.15, 0.2) is 5.78 Å². The zero-order chi connectivity index (χ0) is 23.6. The van der Waals surface area contributed by atoms with Gasteiger partial charge in [0.25, 0.3) is 0 Å². The Hall–Kier alpha value is -3.41. The third-order valence-corrected chi connectivity index (χ3v) is 5.72. The van der Waals surface area contributed by atoms with Gasteiger partial charge in [-0.25, -0.2) is 0 Å². The number of para-hydroxylation sites is 2. The van der Waals surface area contributed by atoms with Crippen molar-refractivity contribution in [1.82, 2.24) is 10.3 Å². The van der Waals surface area contributed by atoms with E-state index in [0.717, 1.165) is 35.9 Å². The third kappa shape index (κ3) is 6.31. The number of carbonyl (C=O) groups is 2. The van der Waals surface area contributed by atoms with Crippen molar-refractivity contribution >= 4 is 34.0 Å². The van der Waals surface area contributed by atoms with Crippen LogP contribution in [-0.4, -0.2) is 30.3 Å². The summed E-state index contributed by atoms with van der Waals surface area (Å²) >= 11 is 0. The molecule has 0 unspecified atom stereocenters. The molecule has 33 heavy (non-hydrogen) atoms. The number of ether oxygens (including phenoxy) is 1. The Bertz CT molecular complexity index is 1110. The van der Waals surface area contributed by atoms with Gasteiger partial charge in [-0.3, -0.25) is 14.6 Å². The van der Waals surface area contributed by atoms with Crippen molar-refractivity contribution in [2.45, 2.75) is 52.4 Å². The number of carbonyl (C=O) groups excluding carboxylic acids is 2. The predicted molar refractivity (Wildman–Crippen MR) is 133 cm³/mol. The lowest BCUT2D eigenvalue weighted by atomic mass is 10.0. The molecule has 0 atom stereocenters. The number of fused-ring (bicyclic) bond motifs is 1. The van der Waals surface area contributed by atoms with Crippen LogP contribution in [0.3, 0.4) is 0 Å². The van der Waals surface area contributed by atoms with E-state index in [0.29, 0.717) is 29.1 Å². The molecule has 0 spiro atoms. The van der Waals surface area contributed by atoms with E-state index in [1.54, 1.807) is 13.3 Å². The molecule has 2 N–H and O–H groups in total.